The molecule has 1 N–H and O–H groups in total. The smallest absolute Gasteiger partial charge is 0.0683 e. The highest BCUT2D eigenvalue weighted by molar-refractivity contribution is 9.10. The first-order chi connectivity index (χ1) is 9.13. The zero-order chi connectivity index (χ0) is 13.8. The molecule has 0 saturated heterocycles. The fourth-order valence-corrected chi connectivity index (χ4v) is 3.86. The van der Waals surface area contributed by atoms with Crippen molar-refractivity contribution in [2.75, 3.05) is 6.54 Å². The molecule has 0 aliphatic carbocycles. The van der Waals surface area contributed by atoms with Crippen LogP contribution in [0.2, 0.25) is 10.0 Å². The fraction of sp³-hybridized carbons (Fsp3) is 0.286. The van der Waals surface area contributed by atoms with Gasteiger partial charge in [0.2, 0.25) is 0 Å². The zero-order valence-electron chi connectivity index (χ0n) is 10.4. The lowest BCUT2D eigenvalue weighted by Gasteiger charge is -2.19. The van der Waals surface area contributed by atoms with Gasteiger partial charge in [-0.1, -0.05) is 36.2 Å². The summed E-state index contributed by atoms with van der Waals surface area (Å²) in [6.45, 7) is 3.11. The summed E-state index contributed by atoms with van der Waals surface area (Å²) < 4.78 is 1.12. The number of hydrogen-bond acceptors (Lipinski definition) is 2. The highest BCUT2D eigenvalue weighted by Crippen LogP contribution is 2.35. The summed E-state index contributed by atoms with van der Waals surface area (Å²) in [6, 6.07) is 8.01. The zero-order valence-corrected chi connectivity index (χ0v) is 14.3. The second-order valence-electron chi connectivity index (χ2n) is 4.19. The van der Waals surface area contributed by atoms with Gasteiger partial charge in [0.05, 0.1) is 16.1 Å². The summed E-state index contributed by atoms with van der Waals surface area (Å²) in [7, 11) is 0. The molecular weight excluding hydrogens is 365 g/mol. The van der Waals surface area contributed by atoms with Crippen LogP contribution in [0.15, 0.2) is 34.1 Å². The van der Waals surface area contributed by atoms with Crippen molar-refractivity contribution < 1.29 is 0 Å². The molecule has 1 aromatic carbocycles. The van der Waals surface area contributed by atoms with Gasteiger partial charge in [-0.05, 0) is 58.0 Å². The molecule has 1 atom stereocenters. The number of benzene rings is 1. The van der Waals surface area contributed by atoms with Gasteiger partial charge in [0.15, 0.2) is 0 Å². The summed E-state index contributed by atoms with van der Waals surface area (Å²) >= 11 is 17.4. The molecule has 0 spiro atoms. The van der Waals surface area contributed by atoms with Gasteiger partial charge in [-0.3, -0.25) is 0 Å². The van der Waals surface area contributed by atoms with Crippen LogP contribution in [0.3, 0.4) is 0 Å². The maximum absolute atomic E-state index is 6.13. The normalized spacial score (nSPS) is 12.6. The summed E-state index contributed by atoms with van der Waals surface area (Å²) in [5, 5.41) is 6.82. The Bertz CT molecular complexity index is 556. The van der Waals surface area contributed by atoms with Gasteiger partial charge in [0.1, 0.15) is 0 Å². The maximum atomic E-state index is 6.13. The second-order valence-corrected chi connectivity index (χ2v) is 6.81. The van der Waals surface area contributed by atoms with Crippen molar-refractivity contribution in [3.63, 3.8) is 0 Å². The molecule has 1 heterocycles. The van der Waals surface area contributed by atoms with Crippen molar-refractivity contribution in [1.82, 2.24) is 5.32 Å². The quantitative estimate of drug-likeness (QED) is 0.682. The van der Waals surface area contributed by atoms with Gasteiger partial charge >= 0.3 is 0 Å². The SMILES string of the molecule is CCCNC(c1ccc(Cl)c(Cl)c1)c1sccc1Br. The summed E-state index contributed by atoms with van der Waals surface area (Å²) in [5.41, 5.74) is 1.13. The van der Waals surface area contributed by atoms with Gasteiger partial charge in [0, 0.05) is 9.35 Å². The largest absolute Gasteiger partial charge is 0.306 e. The molecule has 1 aromatic heterocycles. The van der Waals surface area contributed by atoms with E-state index in [9.17, 15) is 0 Å². The number of nitrogens with one attached hydrogen (secondary N) is 1. The summed E-state index contributed by atoms with van der Waals surface area (Å²) in [4.78, 5) is 1.26. The van der Waals surface area contributed by atoms with Crippen molar-refractivity contribution in [3.05, 3.63) is 54.6 Å². The van der Waals surface area contributed by atoms with Crippen LogP contribution in [0, 0.1) is 0 Å². The third-order valence-corrected chi connectivity index (χ3v) is 5.46. The van der Waals surface area contributed by atoms with Crippen molar-refractivity contribution in [3.8, 4) is 0 Å². The van der Waals surface area contributed by atoms with Gasteiger partial charge in [-0.2, -0.15) is 0 Å². The van der Waals surface area contributed by atoms with Crippen LogP contribution >= 0.6 is 50.5 Å². The Hall–Kier alpha value is -0.0600. The van der Waals surface area contributed by atoms with E-state index in [0.29, 0.717) is 10.0 Å². The molecule has 0 fully saturated rings. The van der Waals surface area contributed by atoms with Crippen LogP contribution < -0.4 is 5.32 Å². The van der Waals surface area contributed by atoms with E-state index in [1.54, 1.807) is 11.3 Å². The maximum Gasteiger partial charge on any atom is 0.0683 e. The highest BCUT2D eigenvalue weighted by Gasteiger charge is 2.18. The third-order valence-electron chi connectivity index (χ3n) is 2.78. The minimum Gasteiger partial charge on any atom is -0.306 e. The van der Waals surface area contributed by atoms with Crippen LogP contribution in [-0.4, -0.2) is 6.54 Å². The van der Waals surface area contributed by atoms with E-state index in [0.717, 1.165) is 23.0 Å². The molecule has 19 heavy (non-hydrogen) atoms. The topological polar surface area (TPSA) is 12.0 Å². The van der Waals surface area contributed by atoms with E-state index in [4.69, 9.17) is 23.2 Å². The van der Waals surface area contributed by atoms with Crippen molar-refractivity contribution in [2.24, 2.45) is 0 Å². The van der Waals surface area contributed by atoms with Crippen LogP contribution in [0.1, 0.15) is 29.8 Å². The molecule has 0 bridgehead atoms. The van der Waals surface area contributed by atoms with E-state index in [-0.39, 0.29) is 6.04 Å². The Labute approximate surface area is 136 Å². The van der Waals surface area contributed by atoms with Gasteiger partial charge in [-0.25, -0.2) is 0 Å². The lowest BCUT2D eigenvalue weighted by atomic mass is 10.1. The Kier molecular flexibility index (Phi) is 5.72. The van der Waals surface area contributed by atoms with Crippen molar-refractivity contribution in [1.29, 1.82) is 0 Å². The highest BCUT2D eigenvalue weighted by atomic mass is 79.9. The minimum absolute atomic E-state index is 0.143. The molecule has 5 heteroatoms. The molecule has 2 rings (SSSR count). The van der Waals surface area contributed by atoms with Gasteiger partial charge in [0.25, 0.3) is 0 Å². The Balaban J connectivity index is 2.37. The first-order valence-corrected chi connectivity index (χ1v) is 8.47. The van der Waals surface area contributed by atoms with Gasteiger partial charge in [-0.15, -0.1) is 11.3 Å². The molecule has 0 aliphatic heterocycles. The number of hydrogen-bond donors (Lipinski definition) is 1. The molecule has 102 valence electrons. The minimum atomic E-state index is 0.143. The lowest BCUT2D eigenvalue weighted by molar-refractivity contribution is 0.604. The van der Waals surface area contributed by atoms with E-state index in [2.05, 4.69) is 39.6 Å². The molecule has 0 aliphatic rings. The molecular formula is C14H14BrCl2NS. The van der Waals surface area contributed by atoms with Gasteiger partial charge < -0.3 is 5.32 Å². The Morgan fingerprint density at radius 1 is 1.26 bits per heavy atom. The van der Waals surface area contributed by atoms with Crippen LogP contribution in [0.5, 0.6) is 0 Å². The molecule has 2 aromatic rings. The predicted molar refractivity (Wildman–Crippen MR) is 88.6 cm³/mol. The molecule has 0 saturated carbocycles. The summed E-state index contributed by atoms with van der Waals surface area (Å²) in [5.74, 6) is 0. The predicted octanol–water partition coefficient (Wildman–Crippen LogP) is 5.91. The Morgan fingerprint density at radius 2 is 2.05 bits per heavy atom. The monoisotopic (exact) mass is 377 g/mol. The number of thiophene rings is 1. The van der Waals surface area contributed by atoms with E-state index in [1.165, 1.54) is 4.88 Å². The number of halogens is 3. The first kappa shape index (κ1) is 15.3. The summed E-state index contributed by atoms with van der Waals surface area (Å²) in [6.07, 6.45) is 1.08. The average Bonchev–Trinajstić information content (AvgIpc) is 2.80. The van der Waals surface area contributed by atoms with Crippen LogP contribution in [-0.2, 0) is 0 Å². The van der Waals surface area contributed by atoms with Crippen molar-refractivity contribution in [2.45, 2.75) is 19.4 Å². The molecule has 0 radical (unpaired) electrons. The van der Waals surface area contributed by atoms with Crippen molar-refractivity contribution >= 4 is 50.5 Å². The lowest BCUT2D eigenvalue weighted by Crippen LogP contribution is -2.22. The van der Waals surface area contributed by atoms with E-state index < -0.39 is 0 Å². The Morgan fingerprint density at radius 3 is 2.63 bits per heavy atom. The van der Waals surface area contributed by atoms with E-state index in [1.807, 2.05) is 18.2 Å². The second kappa shape index (κ2) is 7.09. The fourth-order valence-electron chi connectivity index (χ4n) is 1.85. The van der Waals surface area contributed by atoms with Crippen LogP contribution in [0.25, 0.3) is 0 Å². The molecule has 1 nitrogen and oxygen atoms in total. The number of rotatable bonds is 5. The van der Waals surface area contributed by atoms with E-state index >= 15 is 0 Å². The first-order valence-electron chi connectivity index (χ1n) is 6.04. The average molecular weight is 379 g/mol. The molecule has 0 amide bonds. The third kappa shape index (κ3) is 3.73. The standard InChI is InChI=1S/C14H14BrCl2NS/c1-2-6-18-13(14-10(15)5-7-19-14)9-3-4-11(16)12(17)8-9/h3-5,7-8,13,18H,2,6H2,1H3. The molecule has 1 unspecified atom stereocenters. The van der Waals surface area contributed by atoms with Crippen LogP contribution in [0.4, 0.5) is 0 Å².